The van der Waals surface area contributed by atoms with Crippen molar-refractivity contribution >= 4 is 5.91 Å². The molecule has 0 aliphatic carbocycles. The highest BCUT2D eigenvalue weighted by Gasteiger charge is 2.06. The number of aromatic nitrogens is 2. The summed E-state index contributed by atoms with van der Waals surface area (Å²) in [5, 5.41) is 3.59. The largest absolute Gasteiger partial charge is 0.339 e. The molecule has 0 saturated carbocycles. The van der Waals surface area contributed by atoms with Gasteiger partial charge in [0.25, 0.3) is 0 Å². The van der Waals surface area contributed by atoms with E-state index in [0.29, 0.717) is 18.1 Å². The van der Waals surface area contributed by atoms with Crippen molar-refractivity contribution in [3.63, 3.8) is 0 Å². The van der Waals surface area contributed by atoms with Crippen LogP contribution in [0, 0.1) is 6.92 Å². The van der Waals surface area contributed by atoms with Crippen LogP contribution in [0.3, 0.4) is 0 Å². The van der Waals surface area contributed by atoms with Crippen molar-refractivity contribution in [3.05, 3.63) is 11.7 Å². The second kappa shape index (κ2) is 4.56. The zero-order chi connectivity index (χ0) is 9.68. The third-order valence-corrected chi connectivity index (χ3v) is 1.35. The van der Waals surface area contributed by atoms with Gasteiger partial charge in [0.15, 0.2) is 5.82 Å². The minimum absolute atomic E-state index is 0.210. The molecule has 0 atom stereocenters. The van der Waals surface area contributed by atoms with Gasteiger partial charge in [0.05, 0.1) is 7.11 Å². The molecule has 1 aromatic rings. The van der Waals surface area contributed by atoms with Gasteiger partial charge in [0.1, 0.15) is 0 Å². The number of rotatable bonds is 4. The molecule has 13 heavy (non-hydrogen) atoms. The lowest BCUT2D eigenvalue weighted by Crippen LogP contribution is -2.21. The number of nitrogens with zero attached hydrogens (tertiary/aromatic N) is 2. The fourth-order valence-corrected chi connectivity index (χ4v) is 0.827. The van der Waals surface area contributed by atoms with Crippen molar-refractivity contribution in [2.24, 2.45) is 0 Å². The molecule has 0 fully saturated rings. The molecule has 0 bridgehead atoms. The Morgan fingerprint density at radius 1 is 1.69 bits per heavy atom. The minimum atomic E-state index is -0.210. The van der Waals surface area contributed by atoms with E-state index in [1.54, 1.807) is 6.92 Å². The first kappa shape index (κ1) is 9.66. The van der Waals surface area contributed by atoms with Crippen molar-refractivity contribution in [2.45, 2.75) is 19.8 Å². The van der Waals surface area contributed by atoms with Gasteiger partial charge in [-0.25, -0.2) is 5.48 Å². The Bertz CT molecular complexity index is 284. The van der Waals surface area contributed by atoms with E-state index >= 15 is 0 Å². The molecule has 1 N–H and O–H groups in total. The average molecular weight is 185 g/mol. The van der Waals surface area contributed by atoms with Crippen molar-refractivity contribution in [3.8, 4) is 0 Å². The van der Waals surface area contributed by atoms with Crippen LogP contribution in [0.1, 0.15) is 18.1 Å². The summed E-state index contributed by atoms with van der Waals surface area (Å²) in [7, 11) is 1.38. The highest BCUT2D eigenvalue weighted by Crippen LogP contribution is 1.99. The van der Waals surface area contributed by atoms with Gasteiger partial charge in [0.2, 0.25) is 11.8 Å². The number of aryl methyl sites for hydroxylation is 2. The van der Waals surface area contributed by atoms with E-state index in [-0.39, 0.29) is 12.3 Å². The van der Waals surface area contributed by atoms with Crippen molar-refractivity contribution < 1.29 is 14.2 Å². The van der Waals surface area contributed by atoms with E-state index in [1.807, 2.05) is 0 Å². The molecule has 0 aromatic carbocycles. The molecule has 0 aliphatic rings. The Labute approximate surface area is 75.2 Å². The van der Waals surface area contributed by atoms with Crippen molar-refractivity contribution in [2.75, 3.05) is 7.11 Å². The van der Waals surface area contributed by atoms with E-state index in [4.69, 9.17) is 4.52 Å². The summed E-state index contributed by atoms with van der Waals surface area (Å²) in [6.07, 6.45) is 0.700. The fraction of sp³-hybridized carbons (Fsp3) is 0.571. The Morgan fingerprint density at radius 2 is 2.46 bits per heavy atom. The molecule has 1 aromatic heterocycles. The SMILES string of the molecule is CONC(=O)CCc1nc(C)no1. The number of carbonyl (C=O) groups is 1. The molecule has 1 heterocycles. The Balaban J connectivity index is 2.30. The van der Waals surface area contributed by atoms with Gasteiger partial charge in [-0.3, -0.25) is 9.63 Å². The quantitative estimate of drug-likeness (QED) is 0.667. The monoisotopic (exact) mass is 185 g/mol. The van der Waals surface area contributed by atoms with Crippen LogP contribution in [0.2, 0.25) is 0 Å². The van der Waals surface area contributed by atoms with E-state index in [0.717, 1.165) is 0 Å². The number of carbonyl (C=O) groups excluding carboxylic acids is 1. The number of amides is 1. The highest BCUT2D eigenvalue weighted by atomic mass is 16.6. The number of nitrogens with one attached hydrogen (secondary N) is 1. The van der Waals surface area contributed by atoms with E-state index in [9.17, 15) is 4.79 Å². The first-order valence-electron chi connectivity index (χ1n) is 3.83. The van der Waals surface area contributed by atoms with Crippen LogP contribution in [0.15, 0.2) is 4.52 Å². The third kappa shape index (κ3) is 3.20. The van der Waals surface area contributed by atoms with Crippen LogP contribution < -0.4 is 5.48 Å². The fourth-order valence-electron chi connectivity index (χ4n) is 0.827. The van der Waals surface area contributed by atoms with Crippen LogP contribution in [-0.2, 0) is 16.1 Å². The Morgan fingerprint density at radius 3 is 3.00 bits per heavy atom. The predicted octanol–water partition coefficient (Wildman–Crippen LogP) is -0.0118. The van der Waals surface area contributed by atoms with Gasteiger partial charge in [-0.05, 0) is 6.92 Å². The minimum Gasteiger partial charge on any atom is -0.339 e. The zero-order valence-electron chi connectivity index (χ0n) is 7.53. The van der Waals surface area contributed by atoms with Crippen molar-refractivity contribution in [1.29, 1.82) is 0 Å². The molecule has 1 amide bonds. The number of hydrogen-bond acceptors (Lipinski definition) is 5. The molecule has 0 radical (unpaired) electrons. The standard InChI is InChI=1S/C7H11N3O3/c1-5-8-7(13-9-5)4-3-6(11)10-12-2/h3-4H2,1-2H3,(H,10,11). The molecule has 6 nitrogen and oxygen atoms in total. The maximum absolute atomic E-state index is 10.9. The zero-order valence-corrected chi connectivity index (χ0v) is 7.53. The summed E-state index contributed by atoms with van der Waals surface area (Å²) in [4.78, 5) is 19.3. The lowest BCUT2D eigenvalue weighted by atomic mass is 10.3. The second-order valence-corrected chi connectivity index (χ2v) is 2.46. The first-order valence-corrected chi connectivity index (χ1v) is 3.83. The Hall–Kier alpha value is -1.43. The van der Waals surface area contributed by atoms with Gasteiger partial charge in [0, 0.05) is 12.8 Å². The normalized spacial score (nSPS) is 10.0. The smallest absolute Gasteiger partial charge is 0.244 e. The van der Waals surface area contributed by atoms with Gasteiger partial charge >= 0.3 is 0 Å². The highest BCUT2D eigenvalue weighted by molar-refractivity contribution is 5.74. The molecular formula is C7H11N3O3. The molecule has 0 aliphatic heterocycles. The summed E-state index contributed by atoms with van der Waals surface area (Å²) < 4.78 is 4.81. The van der Waals surface area contributed by atoms with Gasteiger partial charge < -0.3 is 4.52 Å². The molecule has 0 spiro atoms. The summed E-state index contributed by atoms with van der Waals surface area (Å²) >= 11 is 0. The lowest BCUT2D eigenvalue weighted by Gasteiger charge is -1.98. The van der Waals surface area contributed by atoms with Gasteiger partial charge in [-0.1, -0.05) is 5.16 Å². The van der Waals surface area contributed by atoms with Gasteiger partial charge in [-0.15, -0.1) is 0 Å². The topological polar surface area (TPSA) is 77.2 Å². The summed E-state index contributed by atoms with van der Waals surface area (Å²) in [5.74, 6) is 0.823. The van der Waals surface area contributed by atoms with E-state index in [1.165, 1.54) is 7.11 Å². The average Bonchev–Trinajstić information content (AvgIpc) is 2.49. The van der Waals surface area contributed by atoms with Crippen LogP contribution in [0.25, 0.3) is 0 Å². The first-order chi connectivity index (χ1) is 6.22. The van der Waals surface area contributed by atoms with Crippen molar-refractivity contribution in [1.82, 2.24) is 15.6 Å². The molecule has 0 unspecified atom stereocenters. The van der Waals surface area contributed by atoms with Crippen LogP contribution >= 0.6 is 0 Å². The number of hydrogen-bond donors (Lipinski definition) is 1. The molecule has 1 rings (SSSR count). The molecule has 72 valence electrons. The van der Waals surface area contributed by atoms with E-state index in [2.05, 4.69) is 20.5 Å². The van der Waals surface area contributed by atoms with Crippen LogP contribution in [0.4, 0.5) is 0 Å². The second-order valence-electron chi connectivity index (χ2n) is 2.46. The summed E-state index contributed by atoms with van der Waals surface area (Å²) in [5.41, 5.74) is 2.19. The summed E-state index contributed by atoms with van der Waals surface area (Å²) in [6, 6.07) is 0. The van der Waals surface area contributed by atoms with Crippen LogP contribution in [0.5, 0.6) is 0 Å². The number of hydroxylamine groups is 1. The third-order valence-electron chi connectivity index (χ3n) is 1.35. The molecule has 6 heteroatoms. The predicted molar refractivity (Wildman–Crippen MR) is 42.5 cm³/mol. The summed E-state index contributed by atoms with van der Waals surface area (Å²) in [6.45, 7) is 1.72. The maximum Gasteiger partial charge on any atom is 0.244 e. The molecular weight excluding hydrogens is 174 g/mol. The van der Waals surface area contributed by atoms with E-state index < -0.39 is 0 Å². The van der Waals surface area contributed by atoms with Crippen LogP contribution in [-0.4, -0.2) is 23.2 Å². The molecule has 0 saturated heterocycles. The van der Waals surface area contributed by atoms with Gasteiger partial charge in [-0.2, -0.15) is 4.98 Å². The Kier molecular flexibility index (Phi) is 3.39. The lowest BCUT2D eigenvalue weighted by molar-refractivity contribution is -0.131. The maximum atomic E-state index is 10.9.